The zero-order chi connectivity index (χ0) is 12.3. The Hall–Kier alpha value is -1.00. The minimum atomic E-state index is 0. The Morgan fingerprint density at radius 1 is 1.22 bits per heavy atom. The van der Waals surface area contributed by atoms with Crippen LogP contribution in [-0.2, 0) is 6.54 Å². The molecule has 18 heavy (non-hydrogen) atoms. The van der Waals surface area contributed by atoms with Crippen molar-refractivity contribution in [2.75, 3.05) is 0 Å². The number of aryl methyl sites for hydroxylation is 1. The lowest BCUT2D eigenvalue weighted by atomic mass is 10.1. The molecular formula is C14H14Br2NO+. The molecule has 4 heteroatoms. The molecule has 0 saturated carbocycles. The van der Waals surface area contributed by atoms with Crippen LogP contribution < -0.4 is 4.57 Å². The summed E-state index contributed by atoms with van der Waals surface area (Å²) >= 11 is 3.39. The quantitative estimate of drug-likeness (QED) is 0.597. The van der Waals surface area contributed by atoms with Crippen LogP contribution in [0.4, 0.5) is 0 Å². The predicted molar refractivity (Wildman–Crippen MR) is 80.2 cm³/mol. The Kier molecular flexibility index (Phi) is 5.69. The average Bonchev–Trinajstić information content (AvgIpc) is 2.29. The number of benzene rings is 1. The van der Waals surface area contributed by atoms with Gasteiger partial charge in [-0.3, -0.25) is 4.79 Å². The molecule has 0 amide bonds. The van der Waals surface area contributed by atoms with Gasteiger partial charge in [-0.1, -0.05) is 29.8 Å². The van der Waals surface area contributed by atoms with Gasteiger partial charge in [-0.05, 0) is 28.9 Å². The molecule has 0 fully saturated rings. The standard InChI is InChI=1S/C14H13BrNO.BrH/c1-11-4-6-12(7-5-11)14(17)10-16-8-2-3-13(15)9-16;/h2-9H,10H2,1H3;1H/q+1;. The summed E-state index contributed by atoms with van der Waals surface area (Å²) in [7, 11) is 0. The minimum Gasteiger partial charge on any atom is -0.287 e. The molecule has 1 heterocycles. The Labute approximate surface area is 126 Å². The highest BCUT2D eigenvalue weighted by molar-refractivity contribution is 9.10. The van der Waals surface area contributed by atoms with Crippen LogP contribution in [0.2, 0.25) is 0 Å². The number of hydrogen-bond donors (Lipinski definition) is 0. The van der Waals surface area contributed by atoms with Crippen LogP contribution in [0.1, 0.15) is 15.9 Å². The number of halogens is 2. The van der Waals surface area contributed by atoms with Crippen molar-refractivity contribution in [2.45, 2.75) is 13.5 Å². The van der Waals surface area contributed by atoms with Crippen molar-refractivity contribution in [1.82, 2.24) is 0 Å². The van der Waals surface area contributed by atoms with Crippen LogP contribution in [0.25, 0.3) is 0 Å². The SMILES string of the molecule is Br.Cc1ccc(C(=O)C[n+]2cccc(Br)c2)cc1. The molecule has 1 aromatic heterocycles. The Balaban J connectivity index is 0.00000162. The van der Waals surface area contributed by atoms with Crippen LogP contribution in [0.3, 0.4) is 0 Å². The molecule has 0 N–H and O–H groups in total. The number of ketones is 1. The summed E-state index contributed by atoms with van der Waals surface area (Å²) in [6.45, 7) is 2.37. The van der Waals surface area contributed by atoms with Crippen LogP contribution in [0.5, 0.6) is 0 Å². The van der Waals surface area contributed by atoms with Gasteiger partial charge in [-0.25, -0.2) is 0 Å². The first-order chi connectivity index (χ1) is 8.15. The van der Waals surface area contributed by atoms with Crippen molar-refractivity contribution in [1.29, 1.82) is 0 Å². The lowest BCUT2D eigenvalue weighted by Gasteiger charge is -1.99. The molecule has 0 saturated heterocycles. The molecule has 0 unspecified atom stereocenters. The number of Topliss-reactive ketones (excluding diaryl/α,β-unsaturated/α-hetero) is 1. The topological polar surface area (TPSA) is 20.9 Å². The fourth-order valence-electron chi connectivity index (χ4n) is 1.58. The molecule has 0 aliphatic heterocycles. The van der Waals surface area contributed by atoms with E-state index in [2.05, 4.69) is 15.9 Å². The molecule has 0 bridgehead atoms. The number of carbonyl (C=O) groups is 1. The summed E-state index contributed by atoms with van der Waals surface area (Å²) in [6.07, 6.45) is 3.78. The normalized spacial score (nSPS) is 9.67. The van der Waals surface area contributed by atoms with E-state index < -0.39 is 0 Å². The van der Waals surface area contributed by atoms with E-state index in [4.69, 9.17) is 0 Å². The van der Waals surface area contributed by atoms with Gasteiger partial charge in [-0.15, -0.1) is 17.0 Å². The molecule has 94 valence electrons. The molecule has 0 aliphatic rings. The van der Waals surface area contributed by atoms with E-state index in [1.54, 1.807) is 0 Å². The van der Waals surface area contributed by atoms with E-state index >= 15 is 0 Å². The highest BCUT2D eigenvalue weighted by Crippen LogP contribution is 2.06. The van der Waals surface area contributed by atoms with Crippen molar-refractivity contribution in [3.63, 3.8) is 0 Å². The second-order valence-corrected chi connectivity index (χ2v) is 4.90. The predicted octanol–water partition coefficient (Wildman–Crippen LogP) is 3.51. The van der Waals surface area contributed by atoms with E-state index in [-0.39, 0.29) is 22.8 Å². The maximum absolute atomic E-state index is 12.0. The Morgan fingerprint density at radius 2 is 1.89 bits per heavy atom. The molecule has 2 nitrogen and oxygen atoms in total. The number of nitrogens with zero attached hydrogens (tertiary/aromatic N) is 1. The molecule has 2 rings (SSSR count). The maximum Gasteiger partial charge on any atom is 0.227 e. The third-order valence-electron chi connectivity index (χ3n) is 2.52. The molecule has 1 aromatic carbocycles. The Morgan fingerprint density at radius 3 is 2.50 bits per heavy atom. The first-order valence-electron chi connectivity index (χ1n) is 5.39. The lowest BCUT2D eigenvalue weighted by molar-refractivity contribution is -0.683. The van der Waals surface area contributed by atoms with Crippen molar-refractivity contribution in [2.24, 2.45) is 0 Å². The molecule has 0 aliphatic carbocycles. The highest BCUT2D eigenvalue weighted by atomic mass is 79.9. The van der Waals surface area contributed by atoms with Crippen LogP contribution in [0.15, 0.2) is 53.3 Å². The smallest absolute Gasteiger partial charge is 0.227 e. The van der Waals surface area contributed by atoms with Gasteiger partial charge in [0.25, 0.3) is 0 Å². The van der Waals surface area contributed by atoms with Crippen molar-refractivity contribution < 1.29 is 9.36 Å². The van der Waals surface area contributed by atoms with Gasteiger partial charge in [0.15, 0.2) is 12.4 Å². The zero-order valence-corrected chi connectivity index (χ0v) is 13.3. The average molecular weight is 372 g/mol. The number of pyridine rings is 1. The van der Waals surface area contributed by atoms with Gasteiger partial charge in [0, 0.05) is 11.6 Å². The monoisotopic (exact) mass is 370 g/mol. The van der Waals surface area contributed by atoms with Crippen LogP contribution >= 0.6 is 32.9 Å². The summed E-state index contributed by atoms with van der Waals surface area (Å²) in [5.41, 5.74) is 1.92. The second-order valence-electron chi connectivity index (χ2n) is 3.98. The summed E-state index contributed by atoms with van der Waals surface area (Å²) in [5.74, 6) is 0.119. The first kappa shape index (κ1) is 15.1. The molecular weight excluding hydrogens is 358 g/mol. The summed E-state index contributed by atoms with van der Waals surface area (Å²) in [6, 6.07) is 11.5. The van der Waals surface area contributed by atoms with Crippen LogP contribution in [-0.4, -0.2) is 5.78 Å². The van der Waals surface area contributed by atoms with E-state index in [1.165, 1.54) is 0 Å². The van der Waals surface area contributed by atoms with E-state index in [0.29, 0.717) is 6.54 Å². The zero-order valence-electron chi connectivity index (χ0n) is 9.97. The number of hydrogen-bond acceptors (Lipinski definition) is 1. The maximum atomic E-state index is 12.0. The Bertz CT molecular complexity index is 538. The van der Waals surface area contributed by atoms with E-state index in [1.807, 2.05) is 60.3 Å². The van der Waals surface area contributed by atoms with Gasteiger partial charge >= 0.3 is 0 Å². The number of rotatable bonds is 3. The van der Waals surface area contributed by atoms with Gasteiger partial charge in [0.05, 0.1) is 4.47 Å². The van der Waals surface area contributed by atoms with Gasteiger partial charge in [-0.2, -0.15) is 4.57 Å². The minimum absolute atomic E-state index is 0. The number of aromatic nitrogens is 1. The summed E-state index contributed by atoms with van der Waals surface area (Å²) < 4.78 is 2.84. The number of carbonyl (C=O) groups excluding carboxylic acids is 1. The highest BCUT2D eigenvalue weighted by Gasteiger charge is 2.11. The van der Waals surface area contributed by atoms with Gasteiger partial charge in [0.2, 0.25) is 12.3 Å². The fourth-order valence-corrected chi connectivity index (χ4v) is 2.00. The fraction of sp³-hybridized carbons (Fsp3) is 0.143. The van der Waals surface area contributed by atoms with Crippen molar-refractivity contribution in [3.05, 3.63) is 64.4 Å². The third-order valence-corrected chi connectivity index (χ3v) is 2.99. The van der Waals surface area contributed by atoms with Gasteiger partial charge in [0.1, 0.15) is 0 Å². The van der Waals surface area contributed by atoms with Gasteiger partial charge < -0.3 is 0 Å². The largest absolute Gasteiger partial charge is 0.287 e. The molecule has 2 aromatic rings. The molecule has 0 spiro atoms. The van der Waals surface area contributed by atoms with Crippen LogP contribution in [0, 0.1) is 6.92 Å². The first-order valence-corrected chi connectivity index (χ1v) is 6.19. The second kappa shape index (κ2) is 6.81. The van der Waals surface area contributed by atoms with E-state index in [9.17, 15) is 4.79 Å². The third kappa shape index (κ3) is 4.03. The van der Waals surface area contributed by atoms with E-state index in [0.717, 1.165) is 15.6 Å². The summed E-state index contributed by atoms with van der Waals surface area (Å²) in [5, 5.41) is 0. The summed E-state index contributed by atoms with van der Waals surface area (Å²) in [4.78, 5) is 12.0. The van der Waals surface area contributed by atoms with Crippen molar-refractivity contribution in [3.8, 4) is 0 Å². The van der Waals surface area contributed by atoms with Crippen molar-refractivity contribution >= 4 is 38.7 Å². The molecule has 0 radical (unpaired) electrons. The lowest BCUT2D eigenvalue weighted by Crippen LogP contribution is -2.37. The molecule has 0 atom stereocenters.